The molecule has 0 atom stereocenters. The number of hydrogen-bond donors (Lipinski definition) is 0. The molecule has 0 fully saturated rings. The van der Waals surface area contributed by atoms with Crippen molar-refractivity contribution in [1.82, 2.24) is 9.13 Å². The molecule has 2 aromatic heterocycles. The minimum absolute atomic E-state index is 0.338. The summed E-state index contributed by atoms with van der Waals surface area (Å²) >= 11 is 0. The van der Waals surface area contributed by atoms with Crippen LogP contribution in [0, 0.1) is 39.0 Å². The maximum absolute atomic E-state index is 16.0. The summed E-state index contributed by atoms with van der Waals surface area (Å²) in [5.74, 6) is 0. The lowest BCUT2D eigenvalue weighted by Gasteiger charge is -2.23. The molecule has 6 heteroatoms. The van der Waals surface area contributed by atoms with E-state index in [9.17, 15) is 5.26 Å². The van der Waals surface area contributed by atoms with Crippen molar-refractivity contribution < 1.29 is 13.2 Å². The van der Waals surface area contributed by atoms with Gasteiger partial charge in [-0.05, 0) is 173 Å². The van der Waals surface area contributed by atoms with Crippen molar-refractivity contribution in [1.29, 1.82) is 5.26 Å². The smallest absolute Gasteiger partial charge is 0.309 e. The molecule has 10 aromatic carbocycles. The van der Waals surface area contributed by atoms with Crippen molar-refractivity contribution in [2.24, 2.45) is 0 Å². The fraction of sp³-hybridized carbons (Fsp3) is 0.0758. The van der Waals surface area contributed by atoms with Gasteiger partial charge in [-0.3, -0.25) is 0 Å². The Hall–Kier alpha value is -8.92. The molecule has 0 saturated carbocycles. The molecule has 0 bridgehead atoms. The zero-order valence-electron chi connectivity index (χ0n) is 40.1. The van der Waals surface area contributed by atoms with Gasteiger partial charge in [-0.25, -0.2) is 0 Å². The van der Waals surface area contributed by atoms with Crippen LogP contribution < -0.4 is 0 Å². The van der Waals surface area contributed by atoms with Crippen LogP contribution in [0.4, 0.5) is 13.2 Å². The van der Waals surface area contributed by atoms with E-state index in [-0.39, 0.29) is 0 Å². The number of rotatable bonds is 7. The highest BCUT2D eigenvalue weighted by atomic mass is 19.4. The highest BCUT2D eigenvalue weighted by molar-refractivity contribution is 6.14. The van der Waals surface area contributed by atoms with Crippen LogP contribution in [-0.4, -0.2) is 9.13 Å². The molecule has 0 spiro atoms. The molecule has 12 rings (SSSR count). The summed E-state index contributed by atoms with van der Waals surface area (Å²) in [6.07, 6.45) is -4.74. The Morgan fingerprint density at radius 3 is 1.00 bits per heavy atom. The summed E-state index contributed by atoms with van der Waals surface area (Å²) in [6, 6.07) is 70.2. The second-order valence-corrected chi connectivity index (χ2v) is 18.9. The Labute approximate surface area is 415 Å². The van der Waals surface area contributed by atoms with Crippen molar-refractivity contribution in [2.75, 3.05) is 0 Å². The number of hydrogen-bond acceptors (Lipinski definition) is 1. The Morgan fingerprint density at radius 1 is 0.361 bits per heavy atom. The number of nitrogens with zero attached hydrogens (tertiary/aromatic N) is 3. The molecular weight excluding hydrogens is 892 g/mol. The number of benzene rings is 10. The molecule has 2 heterocycles. The van der Waals surface area contributed by atoms with Gasteiger partial charge in [0.05, 0.1) is 50.6 Å². The second kappa shape index (κ2) is 17.2. The van der Waals surface area contributed by atoms with Crippen LogP contribution in [0.5, 0.6) is 0 Å². The third-order valence-electron chi connectivity index (χ3n) is 14.5. The quantitative estimate of drug-likeness (QED) is 0.157. The zero-order chi connectivity index (χ0) is 49.4. The van der Waals surface area contributed by atoms with E-state index in [1.807, 2.05) is 94.1 Å². The fourth-order valence-electron chi connectivity index (χ4n) is 11.0. The monoisotopic (exact) mass is 937 g/mol. The van der Waals surface area contributed by atoms with Gasteiger partial charge in [0.25, 0.3) is 0 Å². The van der Waals surface area contributed by atoms with Crippen molar-refractivity contribution in [2.45, 2.75) is 33.9 Å². The maximum atomic E-state index is 16.0. The molecule has 0 aliphatic rings. The summed E-state index contributed by atoms with van der Waals surface area (Å²) in [6.45, 7) is 8.36. The first-order chi connectivity index (χ1) is 34.9. The SMILES string of the molecule is Cc1ccccc1-c1ccc2c(c1)c1cc(-c3ccccc3C)ccc1n2-c1cc(C(F)(F)F)cc(-n2c3ccc(-c4ccccc4C)cc3c3cc(-c4ccccc4C)ccc32)c1-c1cccc(C#N)c1. The standard InChI is InChI=1S/C66H46F3N3/c1-40-14-5-9-20-51(40)45-24-28-59-55(33-45)56-34-46(52-21-10-6-15-41(52)2)25-29-60(56)71(59)63-37-50(66(67,68)69)38-64(65(63)49-19-13-18-44(32-49)39-70)72-61-30-26-47(53-22-11-7-16-42(53)3)35-57(61)58-36-48(27-31-62(58)72)54-23-12-8-17-43(54)4/h5-38H,1-4H3. The summed E-state index contributed by atoms with van der Waals surface area (Å²) in [5.41, 5.74) is 17.2. The molecule has 0 radical (unpaired) electrons. The lowest BCUT2D eigenvalue weighted by molar-refractivity contribution is -0.137. The third kappa shape index (κ3) is 7.36. The predicted octanol–water partition coefficient (Wildman–Crippen LogP) is 18.3. The van der Waals surface area contributed by atoms with Gasteiger partial charge >= 0.3 is 6.18 Å². The number of fused-ring (bicyclic) bond motifs is 6. The summed E-state index contributed by atoms with van der Waals surface area (Å²) < 4.78 is 52.0. The van der Waals surface area contributed by atoms with E-state index in [0.29, 0.717) is 28.1 Å². The molecule has 0 aliphatic heterocycles. The van der Waals surface area contributed by atoms with E-state index in [1.54, 1.807) is 12.1 Å². The highest BCUT2D eigenvalue weighted by Gasteiger charge is 2.35. The molecule has 72 heavy (non-hydrogen) atoms. The summed E-state index contributed by atoms with van der Waals surface area (Å²) in [4.78, 5) is 0. The Balaban J connectivity index is 1.23. The van der Waals surface area contributed by atoms with Gasteiger partial charge < -0.3 is 9.13 Å². The zero-order valence-corrected chi connectivity index (χ0v) is 40.1. The average Bonchev–Trinajstić information content (AvgIpc) is 3.89. The molecule has 346 valence electrons. The number of alkyl halides is 3. The molecule has 3 nitrogen and oxygen atoms in total. The molecule has 0 N–H and O–H groups in total. The maximum Gasteiger partial charge on any atom is 0.416 e. The van der Waals surface area contributed by atoms with Gasteiger partial charge in [0.2, 0.25) is 0 Å². The van der Waals surface area contributed by atoms with Gasteiger partial charge in [0, 0.05) is 27.1 Å². The molecule has 12 aromatic rings. The van der Waals surface area contributed by atoms with E-state index in [1.165, 1.54) is 12.1 Å². The van der Waals surface area contributed by atoms with Crippen molar-refractivity contribution >= 4 is 43.6 Å². The first-order valence-electron chi connectivity index (χ1n) is 24.1. The molecule has 0 aliphatic carbocycles. The average molecular weight is 938 g/mol. The minimum atomic E-state index is -4.74. The van der Waals surface area contributed by atoms with Crippen LogP contribution in [0.2, 0.25) is 0 Å². The summed E-state index contributed by atoms with van der Waals surface area (Å²) in [7, 11) is 0. The Kier molecular flexibility index (Phi) is 10.6. The van der Waals surface area contributed by atoms with Crippen molar-refractivity contribution in [3.63, 3.8) is 0 Å². The van der Waals surface area contributed by atoms with Gasteiger partial charge in [-0.2, -0.15) is 18.4 Å². The first kappa shape index (κ1) is 44.3. The molecule has 0 amide bonds. The largest absolute Gasteiger partial charge is 0.416 e. The number of nitriles is 1. The van der Waals surface area contributed by atoms with Crippen LogP contribution in [0.3, 0.4) is 0 Å². The lowest BCUT2D eigenvalue weighted by Crippen LogP contribution is -2.11. The Morgan fingerprint density at radius 2 is 0.694 bits per heavy atom. The predicted molar refractivity (Wildman–Crippen MR) is 291 cm³/mol. The normalized spacial score (nSPS) is 11.8. The second-order valence-electron chi connectivity index (χ2n) is 18.9. The van der Waals surface area contributed by atoms with E-state index >= 15 is 13.2 Å². The first-order valence-corrected chi connectivity index (χ1v) is 24.1. The van der Waals surface area contributed by atoms with Gasteiger partial charge in [0.1, 0.15) is 0 Å². The van der Waals surface area contributed by atoms with Gasteiger partial charge in [0.15, 0.2) is 0 Å². The molecule has 0 unspecified atom stereocenters. The number of aromatic nitrogens is 2. The fourth-order valence-corrected chi connectivity index (χ4v) is 11.0. The highest BCUT2D eigenvalue weighted by Crippen LogP contribution is 2.47. The third-order valence-corrected chi connectivity index (χ3v) is 14.5. The van der Waals surface area contributed by atoms with Gasteiger partial charge in [-0.15, -0.1) is 0 Å². The topological polar surface area (TPSA) is 33.6 Å². The van der Waals surface area contributed by atoms with E-state index in [4.69, 9.17) is 0 Å². The number of halogens is 3. The Bertz CT molecular complexity index is 3780. The minimum Gasteiger partial charge on any atom is -0.309 e. The van der Waals surface area contributed by atoms with E-state index in [2.05, 4.69) is 131 Å². The van der Waals surface area contributed by atoms with Crippen LogP contribution >= 0.6 is 0 Å². The number of aryl methyl sites for hydroxylation is 4. The van der Waals surface area contributed by atoms with E-state index < -0.39 is 11.7 Å². The summed E-state index contributed by atoms with van der Waals surface area (Å²) in [5, 5.41) is 14.0. The van der Waals surface area contributed by atoms with Crippen LogP contribution in [-0.2, 0) is 6.18 Å². The lowest BCUT2D eigenvalue weighted by atomic mass is 9.96. The molecular formula is C66H46F3N3. The molecule has 0 saturated heterocycles. The van der Waals surface area contributed by atoms with Crippen molar-refractivity contribution in [3.8, 4) is 73.1 Å². The van der Waals surface area contributed by atoms with Crippen LogP contribution in [0.25, 0.3) is 111 Å². The van der Waals surface area contributed by atoms with Gasteiger partial charge in [-0.1, -0.05) is 133 Å². The van der Waals surface area contributed by atoms with Crippen LogP contribution in [0.1, 0.15) is 33.4 Å². The van der Waals surface area contributed by atoms with E-state index in [0.717, 1.165) is 110 Å². The van der Waals surface area contributed by atoms with Crippen molar-refractivity contribution in [3.05, 3.63) is 240 Å². The van der Waals surface area contributed by atoms with Crippen LogP contribution in [0.15, 0.2) is 206 Å².